The molecular weight excluding hydrogens is 206 g/mol. The first-order valence-electron chi connectivity index (χ1n) is 5.55. The van der Waals surface area contributed by atoms with E-state index in [0.717, 1.165) is 17.9 Å². The van der Waals surface area contributed by atoms with E-state index in [0.29, 0.717) is 0 Å². The zero-order valence-electron chi connectivity index (χ0n) is 9.44. The van der Waals surface area contributed by atoms with E-state index in [1.54, 1.807) is 0 Å². The molecule has 0 amide bonds. The van der Waals surface area contributed by atoms with Gasteiger partial charge in [0.05, 0.1) is 0 Å². The van der Waals surface area contributed by atoms with Crippen LogP contribution in [0.1, 0.15) is 36.0 Å². The van der Waals surface area contributed by atoms with Crippen molar-refractivity contribution in [3.05, 3.63) is 33.8 Å². The molecule has 2 heteroatoms. The molecule has 1 fully saturated rings. The standard InChI is InChI=1S/C13H18ClN/c1-9-7-11(8-10(2)12(9)14)3-4-13(15)5-6-13/h7-8H,3-6,15H2,1-2H3. The Bertz CT molecular complexity index is 357. The second kappa shape index (κ2) is 3.80. The Balaban J connectivity index is 2.08. The van der Waals surface area contributed by atoms with Crippen LogP contribution in [-0.4, -0.2) is 5.54 Å². The zero-order valence-corrected chi connectivity index (χ0v) is 10.2. The van der Waals surface area contributed by atoms with Gasteiger partial charge in [0.1, 0.15) is 0 Å². The van der Waals surface area contributed by atoms with Crippen molar-refractivity contribution in [2.45, 2.75) is 45.1 Å². The number of rotatable bonds is 3. The molecule has 1 aromatic rings. The van der Waals surface area contributed by atoms with Crippen molar-refractivity contribution in [3.63, 3.8) is 0 Å². The Morgan fingerprint density at radius 1 is 1.27 bits per heavy atom. The smallest absolute Gasteiger partial charge is 0.0464 e. The predicted octanol–water partition coefficient (Wildman–Crippen LogP) is 3.38. The molecule has 2 N–H and O–H groups in total. The summed E-state index contributed by atoms with van der Waals surface area (Å²) in [5, 5.41) is 0.896. The lowest BCUT2D eigenvalue weighted by Crippen LogP contribution is -2.22. The highest BCUT2D eigenvalue weighted by Gasteiger charge is 2.37. The van der Waals surface area contributed by atoms with Gasteiger partial charge in [-0.2, -0.15) is 0 Å². The molecule has 0 unspecified atom stereocenters. The minimum atomic E-state index is 0.154. The van der Waals surface area contributed by atoms with Gasteiger partial charge in [-0.05, 0) is 56.2 Å². The molecule has 1 aromatic carbocycles. The second-order valence-electron chi connectivity index (χ2n) is 4.91. The number of hydrogen-bond acceptors (Lipinski definition) is 1. The van der Waals surface area contributed by atoms with Crippen LogP contribution < -0.4 is 5.73 Å². The van der Waals surface area contributed by atoms with E-state index >= 15 is 0 Å². The summed E-state index contributed by atoms with van der Waals surface area (Å²) < 4.78 is 0. The highest BCUT2D eigenvalue weighted by atomic mass is 35.5. The predicted molar refractivity (Wildman–Crippen MR) is 65.4 cm³/mol. The molecule has 1 aliphatic carbocycles. The van der Waals surface area contributed by atoms with E-state index in [9.17, 15) is 0 Å². The monoisotopic (exact) mass is 223 g/mol. The van der Waals surface area contributed by atoms with Crippen molar-refractivity contribution in [1.29, 1.82) is 0 Å². The molecule has 0 bridgehead atoms. The van der Waals surface area contributed by atoms with Gasteiger partial charge in [0.25, 0.3) is 0 Å². The summed E-state index contributed by atoms with van der Waals surface area (Å²) in [6.07, 6.45) is 4.57. The van der Waals surface area contributed by atoms with Crippen LogP contribution in [0.4, 0.5) is 0 Å². The van der Waals surface area contributed by atoms with E-state index in [1.807, 2.05) is 0 Å². The summed E-state index contributed by atoms with van der Waals surface area (Å²) in [7, 11) is 0. The average molecular weight is 224 g/mol. The van der Waals surface area contributed by atoms with E-state index in [-0.39, 0.29) is 5.54 Å². The van der Waals surface area contributed by atoms with Gasteiger partial charge < -0.3 is 5.73 Å². The Morgan fingerprint density at radius 2 is 1.80 bits per heavy atom. The van der Waals surface area contributed by atoms with Gasteiger partial charge in [0, 0.05) is 10.6 Å². The molecule has 0 aliphatic heterocycles. The molecule has 1 saturated carbocycles. The summed E-state index contributed by atoms with van der Waals surface area (Å²) in [6.45, 7) is 4.13. The topological polar surface area (TPSA) is 26.0 Å². The van der Waals surface area contributed by atoms with Crippen LogP contribution in [-0.2, 0) is 6.42 Å². The Kier molecular flexibility index (Phi) is 2.78. The van der Waals surface area contributed by atoms with Crippen LogP contribution in [0.25, 0.3) is 0 Å². The molecule has 0 aromatic heterocycles. The van der Waals surface area contributed by atoms with Crippen molar-refractivity contribution in [1.82, 2.24) is 0 Å². The molecule has 1 nitrogen and oxygen atoms in total. The summed E-state index contributed by atoms with van der Waals surface area (Å²) in [5.74, 6) is 0. The van der Waals surface area contributed by atoms with Crippen molar-refractivity contribution in [3.8, 4) is 0 Å². The maximum atomic E-state index is 6.13. The maximum absolute atomic E-state index is 6.13. The molecular formula is C13H18ClN. The lowest BCUT2D eigenvalue weighted by atomic mass is 10.0. The maximum Gasteiger partial charge on any atom is 0.0464 e. The molecule has 0 spiro atoms. The van der Waals surface area contributed by atoms with Gasteiger partial charge in [-0.3, -0.25) is 0 Å². The normalized spacial score (nSPS) is 17.9. The van der Waals surface area contributed by atoms with E-state index in [1.165, 1.54) is 29.5 Å². The fraction of sp³-hybridized carbons (Fsp3) is 0.538. The molecule has 2 rings (SSSR count). The van der Waals surface area contributed by atoms with Crippen molar-refractivity contribution >= 4 is 11.6 Å². The molecule has 0 saturated heterocycles. The first kappa shape index (κ1) is 11.0. The summed E-state index contributed by atoms with van der Waals surface area (Å²) in [6, 6.07) is 4.36. The van der Waals surface area contributed by atoms with E-state index < -0.39 is 0 Å². The lowest BCUT2D eigenvalue weighted by Gasteiger charge is -2.10. The molecule has 1 aliphatic rings. The minimum absolute atomic E-state index is 0.154. The number of nitrogens with two attached hydrogens (primary N) is 1. The Morgan fingerprint density at radius 3 is 2.27 bits per heavy atom. The van der Waals surface area contributed by atoms with E-state index in [2.05, 4.69) is 26.0 Å². The molecule has 82 valence electrons. The van der Waals surface area contributed by atoms with Gasteiger partial charge in [-0.25, -0.2) is 0 Å². The summed E-state index contributed by atoms with van der Waals surface area (Å²) in [4.78, 5) is 0. The lowest BCUT2D eigenvalue weighted by molar-refractivity contribution is 0.609. The fourth-order valence-corrected chi connectivity index (χ4v) is 2.09. The summed E-state index contributed by atoms with van der Waals surface area (Å²) in [5.41, 5.74) is 9.94. The van der Waals surface area contributed by atoms with E-state index in [4.69, 9.17) is 17.3 Å². The third-order valence-corrected chi connectivity index (χ3v) is 3.90. The number of benzene rings is 1. The van der Waals surface area contributed by atoms with Crippen molar-refractivity contribution < 1.29 is 0 Å². The zero-order chi connectivity index (χ0) is 11.1. The van der Waals surface area contributed by atoms with Gasteiger partial charge in [-0.15, -0.1) is 0 Å². The number of aryl methyl sites for hydroxylation is 3. The van der Waals surface area contributed by atoms with Crippen LogP contribution in [0, 0.1) is 13.8 Å². The molecule has 15 heavy (non-hydrogen) atoms. The van der Waals surface area contributed by atoms with Gasteiger partial charge in [0.2, 0.25) is 0 Å². The van der Waals surface area contributed by atoms with Crippen molar-refractivity contribution in [2.24, 2.45) is 5.73 Å². The first-order valence-corrected chi connectivity index (χ1v) is 5.92. The highest BCUT2D eigenvalue weighted by molar-refractivity contribution is 6.32. The van der Waals surface area contributed by atoms with Crippen molar-refractivity contribution in [2.75, 3.05) is 0 Å². The molecule has 0 atom stereocenters. The fourth-order valence-electron chi connectivity index (χ4n) is 1.98. The largest absolute Gasteiger partial charge is 0.325 e. The van der Waals surface area contributed by atoms with Gasteiger partial charge in [0.15, 0.2) is 0 Å². The van der Waals surface area contributed by atoms with Crippen LogP contribution >= 0.6 is 11.6 Å². The van der Waals surface area contributed by atoms with Crippen LogP contribution in [0.15, 0.2) is 12.1 Å². The highest BCUT2D eigenvalue weighted by Crippen LogP contribution is 2.36. The molecule has 0 radical (unpaired) electrons. The van der Waals surface area contributed by atoms with Crippen LogP contribution in [0.2, 0.25) is 5.02 Å². The van der Waals surface area contributed by atoms with Gasteiger partial charge in [-0.1, -0.05) is 23.7 Å². The quantitative estimate of drug-likeness (QED) is 0.836. The average Bonchev–Trinajstić information content (AvgIpc) is 2.90. The third-order valence-electron chi connectivity index (χ3n) is 3.30. The third kappa shape index (κ3) is 2.53. The minimum Gasteiger partial charge on any atom is -0.325 e. The Hall–Kier alpha value is -0.530. The van der Waals surface area contributed by atoms with Gasteiger partial charge >= 0.3 is 0 Å². The van der Waals surface area contributed by atoms with Crippen LogP contribution in [0.5, 0.6) is 0 Å². The Labute approximate surface area is 96.6 Å². The number of halogens is 1. The van der Waals surface area contributed by atoms with Crippen LogP contribution in [0.3, 0.4) is 0 Å². The second-order valence-corrected chi connectivity index (χ2v) is 5.28. The summed E-state index contributed by atoms with van der Waals surface area (Å²) >= 11 is 6.13. The first-order chi connectivity index (χ1) is 7.00. The number of hydrogen-bond donors (Lipinski definition) is 1. The SMILES string of the molecule is Cc1cc(CCC2(N)CC2)cc(C)c1Cl. The molecule has 0 heterocycles.